The lowest BCUT2D eigenvalue weighted by atomic mass is 9.94. The smallest absolute Gasteiger partial charge is 0.165 e. The molecule has 0 saturated heterocycles. The second-order valence-corrected chi connectivity index (χ2v) is 6.12. The standard InChI is InChI=1S/C20H22N2O2/c1-13(2)24-20-17-12-14(3)21-22-19(15-8-6-5-7-9-15)16(17)10-11-18(20)23-4/h5-11,13H,12H2,1-4H3. The molecule has 0 aromatic heterocycles. The van der Waals surface area contributed by atoms with Gasteiger partial charge in [-0.1, -0.05) is 30.3 Å². The summed E-state index contributed by atoms with van der Waals surface area (Å²) >= 11 is 0. The molecule has 0 aliphatic carbocycles. The third-order valence-corrected chi connectivity index (χ3v) is 3.85. The molecule has 2 aromatic carbocycles. The van der Waals surface area contributed by atoms with Gasteiger partial charge in [0.15, 0.2) is 11.5 Å². The Morgan fingerprint density at radius 1 is 1.00 bits per heavy atom. The van der Waals surface area contributed by atoms with Gasteiger partial charge in [0.25, 0.3) is 0 Å². The van der Waals surface area contributed by atoms with Crippen molar-refractivity contribution >= 4 is 11.4 Å². The van der Waals surface area contributed by atoms with Gasteiger partial charge in [-0.3, -0.25) is 0 Å². The Bertz CT molecular complexity index is 793. The lowest BCUT2D eigenvalue weighted by Crippen LogP contribution is -2.13. The SMILES string of the molecule is COc1ccc2c(c1OC(C)C)CC(C)=NN=C2c1ccccc1. The maximum absolute atomic E-state index is 6.09. The van der Waals surface area contributed by atoms with Gasteiger partial charge in [0.2, 0.25) is 0 Å². The minimum Gasteiger partial charge on any atom is -0.493 e. The van der Waals surface area contributed by atoms with E-state index in [-0.39, 0.29) is 6.10 Å². The zero-order valence-corrected chi connectivity index (χ0v) is 14.5. The predicted molar refractivity (Wildman–Crippen MR) is 97.7 cm³/mol. The summed E-state index contributed by atoms with van der Waals surface area (Å²) in [6.07, 6.45) is 0.747. The Balaban J connectivity index is 2.22. The minimum atomic E-state index is 0.0583. The summed E-state index contributed by atoms with van der Waals surface area (Å²) < 4.78 is 11.6. The van der Waals surface area contributed by atoms with Gasteiger partial charge in [-0.05, 0) is 32.9 Å². The topological polar surface area (TPSA) is 43.2 Å². The molecule has 124 valence electrons. The molecule has 24 heavy (non-hydrogen) atoms. The number of fused-ring (bicyclic) bond motifs is 1. The monoisotopic (exact) mass is 322 g/mol. The van der Waals surface area contributed by atoms with Crippen molar-refractivity contribution in [2.75, 3.05) is 7.11 Å². The normalized spacial score (nSPS) is 13.7. The summed E-state index contributed by atoms with van der Waals surface area (Å²) in [6, 6.07) is 14.1. The maximum atomic E-state index is 6.09. The Morgan fingerprint density at radius 3 is 2.42 bits per heavy atom. The number of hydrogen-bond acceptors (Lipinski definition) is 4. The van der Waals surface area contributed by atoms with Gasteiger partial charge >= 0.3 is 0 Å². The summed E-state index contributed by atoms with van der Waals surface area (Å²) in [7, 11) is 1.67. The lowest BCUT2D eigenvalue weighted by molar-refractivity contribution is 0.228. The van der Waals surface area contributed by atoms with Gasteiger partial charge in [-0.15, -0.1) is 5.10 Å². The van der Waals surface area contributed by atoms with Gasteiger partial charge in [-0.25, -0.2) is 0 Å². The summed E-state index contributed by atoms with van der Waals surface area (Å²) in [5.74, 6) is 1.52. The van der Waals surface area contributed by atoms with Crippen molar-refractivity contribution in [3.05, 3.63) is 59.2 Å². The van der Waals surface area contributed by atoms with Gasteiger partial charge < -0.3 is 9.47 Å². The molecule has 0 radical (unpaired) electrons. The van der Waals surface area contributed by atoms with Crippen LogP contribution in [0.25, 0.3) is 0 Å². The number of hydrogen-bond donors (Lipinski definition) is 0. The van der Waals surface area contributed by atoms with E-state index in [1.165, 1.54) is 0 Å². The van der Waals surface area contributed by atoms with Crippen LogP contribution in [-0.2, 0) is 6.42 Å². The highest BCUT2D eigenvalue weighted by molar-refractivity contribution is 6.15. The van der Waals surface area contributed by atoms with Crippen LogP contribution in [0.4, 0.5) is 0 Å². The zero-order chi connectivity index (χ0) is 17.1. The summed E-state index contributed by atoms with van der Waals surface area (Å²) in [5.41, 5.74) is 4.96. The molecule has 4 heteroatoms. The third kappa shape index (κ3) is 3.18. The average molecular weight is 322 g/mol. The van der Waals surface area contributed by atoms with Crippen molar-refractivity contribution < 1.29 is 9.47 Å². The number of nitrogens with zero attached hydrogens (tertiary/aromatic N) is 2. The number of rotatable bonds is 4. The van der Waals surface area contributed by atoms with Gasteiger partial charge in [0.1, 0.15) is 5.71 Å². The van der Waals surface area contributed by atoms with E-state index in [9.17, 15) is 0 Å². The number of methoxy groups -OCH3 is 1. The Morgan fingerprint density at radius 2 is 1.75 bits per heavy atom. The number of ether oxygens (including phenoxy) is 2. The van der Waals surface area contributed by atoms with Crippen molar-refractivity contribution in [3.63, 3.8) is 0 Å². The van der Waals surface area contributed by atoms with E-state index in [0.717, 1.165) is 39.6 Å². The van der Waals surface area contributed by atoms with Gasteiger partial charge in [0, 0.05) is 28.8 Å². The fourth-order valence-corrected chi connectivity index (χ4v) is 2.82. The Labute approximate surface area is 142 Å². The Kier molecular flexibility index (Phi) is 4.65. The molecule has 4 nitrogen and oxygen atoms in total. The van der Waals surface area contributed by atoms with Crippen molar-refractivity contribution in [3.8, 4) is 11.5 Å². The quantitative estimate of drug-likeness (QED) is 0.844. The van der Waals surface area contributed by atoms with Crippen LogP contribution in [0, 0.1) is 0 Å². The molecular weight excluding hydrogens is 300 g/mol. The van der Waals surface area contributed by atoms with E-state index in [1.807, 2.05) is 63.2 Å². The second kappa shape index (κ2) is 6.87. The largest absolute Gasteiger partial charge is 0.493 e. The molecule has 0 spiro atoms. The van der Waals surface area contributed by atoms with Crippen LogP contribution < -0.4 is 9.47 Å². The van der Waals surface area contributed by atoms with Crippen molar-refractivity contribution in [2.24, 2.45) is 10.2 Å². The van der Waals surface area contributed by atoms with E-state index < -0.39 is 0 Å². The van der Waals surface area contributed by atoms with Crippen LogP contribution in [0.5, 0.6) is 11.5 Å². The van der Waals surface area contributed by atoms with Crippen LogP contribution in [0.2, 0.25) is 0 Å². The van der Waals surface area contributed by atoms with E-state index in [1.54, 1.807) is 7.11 Å². The van der Waals surface area contributed by atoms with E-state index in [0.29, 0.717) is 6.42 Å². The fraction of sp³-hybridized carbons (Fsp3) is 0.300. The molecule has 0 bridgehead atoms. The highest BCUT2D eigenvalue weighted by Crippen LogP contribution is 2.37. The molecule has 0 saturated carbocycles. The van der Waals surface area contributed by atoms with Crippen molar-refractivity contribution in [1.82, 2.24) is 0 Å². The molecule has 0 amide bonds. The Hall–Kier alpha value is -2.62. The molecule has 0 unspecified atom stereocenters. The average Bonchev–Trinajstić information content (AvgIpc) is 2.74. The molecule has 1 aliphatic heterocycles. The maximum Gasteiger partial charge on any atom is 0.165 e. The van der Waals surface area contributed by atoms with Crippen LogP contribution in [-0.4, -0.2) is 24.6 Å². The first-order valence-corrected chi connectivity index (χ1v) is 8.13. The molecular formula is C20H22N2O2. The summed E-state index contributed by atoms with van der Waals surface area (Å²) in [4.78, 5) is 0. The van der Waals surface area contributed by atoms with Crippen LogP contribution in [0.3, 0.4) is 0 Å². The van der Waals surface area contributed by atoms with Crippen LogP contribution >= 0.6 is 0 Å². The predicted octanol–water partition coefficient (Wildman–Crippen LogP) is 4.25. The van der Waals surface area contributed by atoms with Crippen molar-refractivity contribution in [2.45, 2.75) is 33.3 Å². The highest BCUT2D eigenvalue weighted by atomic mass is 16.5. The zero-order valence-electron chi connectivity index (χ0n) is 14.5. The first-order valence-electron chi connectivity index (χ1n) is 8.13. The molecule has 2 aromatic rings. The first kappa shape index (κ1) is 16.2. The molecule has 1 heterocycles. The highest BCUT2D eigenvalue weighted by Gasteiger charge is 2.23. The van der Waals surface area contributed by atoms with Crippen molar-refractivity contribution in [1.29, 1.82) is 0 Å². The molecule has 0 fully saturated rings. The number of benzene rings is 2. The molecule has 3 rings (SSSR count). The second-order valence-electron chi connectivity index (χ2n) is 6.12. The molecule has 1 aliphatic rings. The van der Waals surface area contributed by atoms with E-state index >= 15 is 0 Å². The summed E-state index contributed by atoms with van der Waals surface area (Å²) in [5, 5.41) is 8.88. The first-order chi connectivity index (χ1) is 11.6. The van der Waals surface area contributed by atoms with Gasteiger partial charge in [-0.2, -0.15) is 5.10 Å². The van der Waals surface area contributed by atoms with E-state index in [4.69, 9.17) is 9.47 Å². The van der Waals surface area contributed by atoms with Crippen LogP contribution in [0.1, 0.15) is 37.5 Å². The lowest BCUT2D eigenvalue weighted by Gasteiger charge is -2.20. The van der Waals surface area contributed by atoms with E-state index in [2.05, 4.69) is 10.2 Å². The molecule has 0 N–H and O–H groups in total. The third-order valence-electron chi connectivity index (χ3n) is 3.85. The van der Waals surface area contributed by atoms with Crippen LogP contribution in [0.15, 0.2) is 52.7 Å². The van der Waals surface area contributed by atoms with Gasteiger partial charge in [0.05, 0.1) is 13.2 Å². The minimum absolute atomic E-state index is 0.0583. The summed E-state index contributed by atoms with van der Waals surface area (Å²) in [6.45, 7) is 6.02. The molecule has 0 atom stereocenters. The fourth-order valence-electron chi connectivity index (χ4n) is 2.82.